The van der Waals surface area contributed by atoms with Gasteiger partial charge >= 0.3 is 0 Å². The van der Waals surface area contributed by atoms with Crippen LogP contribution in [0.1, 0.15) is 19.4 Å². The molecule has 2 heteroatoms. The van der Waals surface area contributed by atoms with Crippen LogP contribution in [-0.4, -0.2) is 13.2 Å². The van der Waals surface area contributed by atoms with E-state index in [4.69, 9.17) is 4.74 Å². The van der Waals surface area contributed by atoms with E-state index in [1.807, 2.05) is 7.05 Å². The Balaban J connectivity index is 2.08. The van der Waals surface area contributed by atoms with E-state index in [9.17, 15) is 0 Å². The molecule has 0 aliphatic rings. The predicted octanol–water partition coefficient (Wildman–Crippen LogP) is 4.32. The fourth-order valence-corrected chi connectivity index (χ4v) is 1.89. The van der Waals surface area contributed by atoms with Crippen LogP contribution in [0.25, 0.3) is 11.1 Å². The minimum absolute atomic E-state index is 0.272. The van der Waals surface area contributed by atoms with Crippen molar-refractivity contribution in [2.45, 2.75) is 26.6 Å². The van der Waals surface area contributed by atoms with E-state index in [1.165, 1.54) is 16.7 Å². The lowest BCUT2D eigenvalue weighted by Crippen LogP contribution is -2.01. The molecule has 0 atom stereocenters. The maximum Gasteiger partial charge on any atom is 0.0720 e. The monoisotopic (exact) mass is 255 g/mol. The summed E-state index contributed by atoms with van der Waals surface area (Å²) in [5, 5.41) is 3.13. The van der Waals surface area contributed by atoms with E-state index in [0.717, 1.165) is 5.69 Å². The lowest BCUT2D eigenvalue weighted by Gasteiger charge is -2.08. The zero-order chi connectivity index (χ0) is 13.7. The smallest absolute Gasteiger partial charge is 0.0720 e. The topological polar surface area (TPSA) is 21.3 Å². The number of rotatable bonds is 5. The number of benzene rings is 2. The van der Waals surface area contributed by atoms with Crippen molar-refractivity contribution >= 4 is 5.69 Å². The summed E-state index contributed by atoms with van der Waals surface area (Å²) in [6.07, 6.45) is 0.272. The van der Waals surface area contributed by atoms with Gasteiger partial charge in [0.2, 0.25) is 0 Å². The summed E-state index contributed by atoms with van der Waals surface area (Å²) in [6.45, 7) is 4.78. The second-order valence-electron chi connectivity index (χ2n) is 4.88. The third kappa shape index (κ3) is 3.83. The Morgan fingerprint density at radius 3 is 1.89 bits per heavy atom. The van der Waals surface area contributed by atoms with Crippen molar-refractivity contribution in [1.29, 1.82) is 0 Å². The molecule has 0 aliphatic carbocycles. The van der Waals surface area contributed by atoms with Gasteiger partial charge in [-0.1, -0.05) is 36.4 Å². The zero-order valence-corrected chi connectivity index (χ0v) is 11.8. The second kappa shape index (κ2) is 6.39. The predicted molar refractivity (Wildman–Crippen MR) is 81.3 cm³/mol. The summed E-state index contributed by atoms with van der Waals surface area (Å²) in [7, 11) is 1.93. The molecule has 2 nitrogen and oxygen atoms in total. The quantitative estimate of drug-likeness (QED) is 0.859. The first-order valence-electron chi connectivity index (χ1n) is 6.68. The van der Waals surface area contributed by atoms with Crippen molar-refractivity contribution in [3.63, 3.8) is 0 Å². The maximum absolute atomic E-state index is 5.60. The van der Waals surface area contributed by atoms with Crippen LogP contribution in [0.2, 0.25) is 0 Å². The second-order valence-corrected chi connectivity index (χ2v) is 4.88. The first-order chi connectivity index (χ1) is 9.19. The summed E-state index contributed by atoms with van der Waals surface area (Å²) in [4.78, 5) is 0. The number of ether oxygens (including phenoxy) is 1. The van der Waals surface area contributed by atoms with Crippen LogP contribution in [0.3, 0.4) is 0 Å². The lowest BCUT2D eigenvalue weighted by molar-refractivity contribution is 0.0657. The molecular formula is C17H21NO. The summed E-state index contributed by atoms with van der Waals surface area (Å²) >= 11 is 0. The molecule has 0 fully saturated rings. The van der Waals surface area contributed by atoms with Gasteiger partial charge in [0.05, 0.1) is 12.7 Å². The van der Waals surface area contributed by atoms with Gasteiger partial charge in [0, 0.05) is 12.7 Å². The Kier molecular flexibility index (Phi) is 4.58. The Bertz CT molecular complexity index is 500. The minimum atomic E-state index is 0.272. The third-order valence-corrected chi connectivity index (χ3v) is 3.04. The molecule has 0 saturated heterocycles. The van der Waals surface area contributed by atoms with Crippen molar-refractivity contribution in [3.8, 4) is 11.1 Å². The molecule has 2 aromatic rings. The molecule has 0 unspecified atom stereocenters. The van der Waals surface area contributed by atoms with Gasteiger partial charge in [0.15, 0.2) is 0 Å². The average molecular weight is 255 g/mol. The molecule has 0 heterocycles. The van der Waals surface area contributed by atoms with Crippen molar-refractivity contribution in [3.05, 3.63) is 54.1 Å². The van der Waals surface area contributed by atoms with E-state index in [2.05, 4.69) is 67.7 Å². The van der Waals surface area contributed by atoms with Crippen LogP contribution < -0.4 is 5.32 Å². The highest BCUT2D eigenvalue weighted by Gasteiger charge is 2.00. The summed E-state index contributed by atoms with van der Waals surface area (Å²) in [6, 6.07) is 17.0. The maximum atomic E-state index is 5.60. The summed E-state index contributed by atoms with van der Waals surface area (Å²) in [5.74, 6) is 0. The highest BCUT2D eigenvalue weighted by molar-refractivity contribution is 5.66. The van der Waals surface area contributed by atoms with Gasteiger partial charge < -0.3 is 10.1 Å². The zero-order valence-electron chi connectivity index (χ0n) is 11.8. The van der Waals surface area contributed by atoms with Gasteiger partial charge in [-0.2, -0.15) is 0 Å². The third-order valence-electron chi connectivity index (χ3n) is 3.04. The van der Waals surface area contributed by atoms with Crippen LogP contribution in [-0.2, 0) is 11.3 Å². The van der Waals surface area contributed by atoms with E-state index in [0.29, 0.717) is 6.61 Å². The molecule has 100 valence electrons. The SMILES string of the molecule is CNc1ccc(-c2ccc(COC(C)C)cc2)cc1. The lowest BCUT2D eigenvalue weighted by atomic mass is 10.0. The number of nitrogens with one attached hydrogen (secondary N) is 1. The van der Waals surface area contributed by atoms with Gasteiger partial charge in [0.25, 0.3) is 0 Å². The fourth-order valence-electron chi connectivity index (χ4n) is 1.89. The van der Waals surface area contributed by atoms with E-state index in [1.54, 1.807) is 0 Å². The Hall–Kier alpha value is -1.80. The average Bonchev–Trinajstić information content (AvgIpc) is 2.46. The number of hydrogen-bond donors (Lipinski definition) is 1. The minimum Gasteiger partial charge on any atom is -0.388 e. The molecule has 2 aromatic carbocycles. The first kappa shape index (κ1) is 13.6. The Morgan fingerprint density at radius 1 is 0.895 bits per heavy atom. The van der Waals surface area contributed by atoms with Crippen LogP contribution >= 0.6 is 0 Å². The van der Waals surface area contributed by atoms with Crippen LogP contribution in [0.5, 0.6) is 0 Å². The van der Waals surface area contributed by atoms with Crippen LogP contribution in [0.15, 0.2) is 48.5 Å². The van der Waals surface area contributed by atoms with Gasteiger partial charge in [-0.3, -0.25) is 0 Å². The Labute approximate surface area is 115 Å². The first-order valence-corrected chi connectivity index (χ1v) is 6.68. The normalized spacial score (nSPS) is 10.7. The molecule has 0 aromatic heterocycles. The highest BCUT2D eigenvalue weighted by atomic mass is 16.5. The van der Waals surface area contributed by atoms with Crippen molar-refractivity contribution < 1.29 is 4.74 Å². The highest BCUT2D eigenvalue weighted by Crippen LogP contribution is 2.22. The molecule has 19 heavy (non-hydrogen) atoms. The van der Waals surface area contributed by atoms with Crippen molar-refractivity contribution in [2.24, 2.45) is 0 Å². The number of hydrogen-bond acceptors (Lipinski definition) is 2. The Morgan fingerprint density at radius 2 is 1.42 bits per heavy atom. The van der Waals surface area contributed by atoms with E-state index < -0.39 is 0 Å². The van der Waals surface area contributed by atoms with Gasteiger partial charge in [-0.05, 0) is 42.7 Å². The molecule has 0 aliphatic heterocycles. The molecule has 0 spiro atoms. The standard InChI is InChI=1S/C17H21NO/c1-13(2)19-12-14-4-6-15(7-5-14)16-8-10-17(18-3)11-9-16/h4-11,13,18H,12H2,1-3H3. The fraction of sp³-hybridized carbons (Fsp3) is 0.294. The summed E-state index contributed by atoms with van der Waals surface area (Å²) in [5.41, 5.74) is 4.81. The molecular weight excluding hydrogens is 234 g/mol. The molecule has 2 rings (SSSR count). The van der Waals surface area contributed by atoms with Gasteiger partial charge in [-0.15, -0.1) is 0 Å². The summed E-state index contributed by atoms with van der Waals surface area (Å²) < 4.78 is 5.60. The molecule has 0 radical (unpaired) electrons. The molecule has 1 N–H and O–H groups in total. The molecule has 0 saturated carbocycles. The largest absolute Gasteiger partial charge is 0.388 e. The molecule has 0 amide bonds. The van der Waals surface area contributed by atoms with E-state index in [-0.39, 0.29) is 6.10 Å². The number of anilines is 1. The van der Waals surface area contributed by atoms with Gasteiger partial charge in [0.1, 0.15) is 0 Å². The molecule has 0 bridgehead atoms. The van der Waals surface area contributed by atoms with Crippen LogP contribution in [0.4, 0.5) is 5.69 Å². The van der Waals surface area contributed by atoms with Gasteiger partial charge in [-0.25, -0.2) is 0 Å². The van der Waals surface area contributed by atoms with Crippen molar-refractivity contribution in [2.75, 3.05) is 12.4 Å². The van der Waals surface area contributed by atoms with Crippen molar-refractivity contribution in [1.82, 2.24) is 0 Å². The van der Waals surface area contributed by atoms with Crippen LogP contribution in [0, 0.1) is 0 Å². The van der Waals surface area contributed by atoms with E-state index >= 15 is 0 Å².